The zero-order valence-electron chi connectivity index (χ0n) is 3.89. The van der Waals surface area contributed by atoms with Crippen molar-refractivity contribution < 1.29 is 19.1 Å². The number of carbonyl (C=O) groups is 1. The first-order chi connectivity index (χ1) is 3.56. The van der Waals surface area contributed by atoms with E-state index in [0.717, 1.165) is 6.08 Å². The molecule has 0 rings (SSSR count). The summed E-state index contributed by atoms with van der Waals surface area (Å²) in [5, 5.41) is 0. The molecule has 0 heterocycles. The van der Waals surface area contributed by atoms with Crippen molar-refractivity contribution in [3.05, 3.63) is 11.9 Å². The Morgan fingerprint density at radius 1 is 1.38 bits per heavy atom. The minimum atomic E-state index is -4.09. The molecule has 8 heavy (non-hydrogen) atoms. The molecule has 0 bridgehead atoms. The average molecular weight is 136 g/mol. The maximum atomic E-state index is 9.84. The number of allylic oxidation sites excluding steroid dienone is 1. The molecule has 46 valence electrons. The van der Waals surface area contributed by atoms with Crippen LogP contribution in [-0.4, -0.2) is 16.1 Å². The molecule has 0 fully saturated rings. The Kier molecular flexibility index (Phi) is 2.62. The molecule has 0 aromatic heterocycles. The summed E-state index contributed by atoms with van der Waals surface area (Å²) >= 11 is 0. The second kappa shape index (κ2) is 2.77. The summed E-state index contributed by atoms with van der Waals surface area (Å²) in [6.07, 6.45) is 1.07. The summed E-state index contributed by atoms with van der Waals surface area (Å²) in [6, 6.07) is 0. The molecular formula is C3H5O4P. The van der Waals surface area contributed by atoms with Gasteiger partial charge in [-0.3, -0.25) is 9.36 Å². The van der Waals surface area contributed by atoms with Crippen molar-refractivity contribution in [2.75, 3.05) is 0 Å². The Morgan fingerprint density at radius 2 is 1.88 bits per heavy atom. The van der Waals surface area contributed by atoms with E-state index in [0.29, 0.717) is 12.1 Å². The molecule has 0 aliphatic heterocycles. The first-order valence-corrected chi connectivity index (χ1v) is 3.42. The average Bonchev–Trinajstić information content (AvgIpc) is 1.59. The van der Waals surface area contributed by atoms with Gasteiger partial charge in [-0.05, 0) is 6.08 Å². The van der Waals surface area contributed by atoms with Crippen molar-refractivity contribution in [3.63, 3.8) is 0 Å². The molecule has 0 radical (unpaired) electrons. The molecule has 0 saturated carbocycles. The van der Waals surface area contributed by atoms with E-state index < -0.39 is 7.60 Å². The lowest BCUT2D eigenvalue weighted by Gasteiger charge is -1.89. The van der Waals surface area contributed by atoms with Crippen LogP contribution in [0, 0.1) is 0 Å². The smallest absolute Gasteiger partial charge is 0.321 e. The van der Waals surface area contributed by atoms with E-state index in [1.54, 1.807) is 0 Å². The lowest BCUT2D eigenvalue weighted by molar-refractivity contribution is -0.104. The van der Waals surface area contributed by atoms with Gasteiger partial charge in [0.05, 0.1) is 0 Å². The lowest BCUT2D eigenvalue weighted by atomic mass is 10.7. The monoisotopic (exact) mass is 136 g/mol. The minimum Gasteiger partial charge on any atom is -0.321 e. The van der Waals surface area contributed by atoms with Gasteiger partial charge in [-0.15, -0.1) is 0 Å². The molecule has 0 aromatic carbocycles. The van der Waals surface area contributed by atoms with E-state index in [4.69, 9.17) is 9.79 Å². The topological polar surface area (TPSA) is 74.6 Å². The minimum absolute atomic E-state index is 0.305. The molecule has 4 nitrogen and oxygen atoms in total. The third-order valence-electron chi connectivity index (χ3n) is 0.359. The van der Waals surface area contributed by atoms with Crippen LogP contribution in [-0.2, 0) is 9.36 Å². The van der Waals surface area contributed by atoms with Crippen LogP contribution >= 0.6 is 7.60 Å². The Hall–Kier alpha value is -0.440. The Bertz CT molecular complexity index is 143. The van der Waals surface area contributed by atoms with E-state index in [2.05, 4.69) is 0 Å². The number of rotatable bonds is 2. The Morgan fingerprint density at radius 3 is 2.00 bits per heavy atom. The number of hydrogen-bond acceptors (Lipinski definition) is 2. The van der Waals surface area contributed by atoms with Crippen LogP contribution in [0.1, 0.15) is 0 Å². The highest BCUT2D eigenvalue weighted by Crippen LogP contribution is 2.35. The number of aldehydes is 1. The van der Waals surface area contributed by atoms with Crippen molar-refractivity contribution in [2.24, 2.45) is 0 Å². The largest absolute Gasteiger partial charge is 0.349 e. The van der Waals surface area contributed by atoms with Gasteiger partial charge >= 0.3 is 7.60 Å². The van der Waals surface area contributed by atoms with E-state index in [1.165, 1.54) is 0 Å². The van der Waals surface area contributed by atoms with Crippen molar-refractivity contribution in [1.82, 2.24) is 0 Å². The summed E-state index contributed by atoms with van der Waals surface area (Å²) in [5.74, 6) is 0.542. The molecule has 0 aromatic rings. The lowest BCUT2D eigenvalue weighted by Crippen LogP contribution is -1.68. The first kappa shape index (κ1) is 7.56. The van der Waals surface area contributed by atoms with Gasteiger partial charge in [-0.25, -0.2) is 0 Å². The standard InChI is InChI=1S/C3H5O4P/c4-2-1-3-8(5,6)7/h1-3H,(H2,5,6,7)/b3-1+. The Balaban J connectivity index is 3.89. The van der Waals surface area contributed by atoms with Crippen LogP contribution in [0.15, 0.2) is 11.9 Å². The van der Waals surface area contributed by atoms with Crippen molar-refractivity contribution >= 4 is 13.9 Å². The fourth-order valence-corrected chi connectivity index (χ4v) is 0.442. The van der Waals surface area contributed by atoms with Gasteiger partial charge in [0.15, 0.2) is 0 Å². The van der Waals surface area contributed by atoms with E-state index in [1.807, 2.05) is 0 Å². The summed E-state index contributed by atoms with van der Waals surface area (Å²) in [6.45, 7) is 0. The van der Waals surface area contributed by atoms with E-state index >= 15 is 0 Å². The van der Waals surface area contributed by atoms with Crippen molar-refractivity contribution in [2.45, 2.75) is 0 Å². The quantitative estimate of drug-likeness (QED) is 0.315. The zero-order chi connectivity index (χ0) is 6.62. The van der Waals surface area contributed by atoms with Crippen LogP contribution in [0.4, 0.5) is 0 Å². The number of hydrogen-bond donors (Lipinski definition) is 2. The second-order valence-electron chi connectivity index (χ2n) is 1.07. The SMILES string of the molecule is O=C/C=C/P(=O)(O)O. The molecule has 0 aliphatic rings. The van der Waals surface area contributed by atoms with Crippen LogP contribution in [0.3, 0.4) is 0 Å². The zero-order valence-corrected chi connectivity index (χ0v) is 4.78. The highest BCUT2D eigenvalue weighted by molar-refractivity contribution is 7.55. The molecule has 0 unspecified atom stereocenters. The van der Waals surface area contributed by atoms with Crippen LogP contribution < -0.4 is 0 Å². The summed E-state index contributed by atoms with van der Waals surface area (Å²) in [4.78, 5) is 25.4. The predicted molar refractivity (Wildman–Crippen MR) is 27.2 cm³/mol. The molecule has 5 heteroatoms. The summed E-state index contributed by atoms with van der Waals surface area (Å²) in [7, 11) is -4.09. The maximum Gasteiger partial charge on any atom is 0.349 e. The van der Waals surface area contributed by atoms with Crippen LogP contribution in [0.5, 0.6) is 0 Å². The maximum absolute atomic E-state index is 9.84. The molecule has 0 amide bonds. The molecule has 2 N–H and O–H groups in total. The molecule has 0 atom stereocenters. The highest BCUT2D eigenvalue weighted by Gasteiger charge is 2.03. The van der Waals surface area contributed by atoms with Crippen molar-refractivity contribution in [3.8, 4) is 0 Å². The van der Waals surface area contributed by atoms with Gasteiger partial charge in [-0.1, -0.05) is 0 Å². The van der Waals surface area contributed by atoms with Crippen LogP contribution in [0.25, 0.3) is 0 Å². The van der Waals surface area contributed by atoms with Gasteiger partial charge < -0.3 is 9.79 Å². The van der Waals surface area contributed by atoms with E-state index in [9.17, 15) is 9.36 Å². The van der Waals surface area contributed by atoms with E-state index in [-0.39, 0.29) is 0 Å². The second-order valence-corrected chi connectivity index (χ2v) is 2.54. The van der Waals surface area contributed by atoms with Crippen LogP contribution in [0.2, 0.25) is 0 Å². The van der Waals surface area contributed by atoms with Gasteiger partial charge in [-0.2, -0.15) is 0 Å². The first-order valence-electron chi connectivity index (χ1n) is 1.74. The summed E-state index contributed by atoms with van der Waals surface area (Å²) < 4.78 is 9.84. The fraction of sp³-hybridized carbons (Fsp3) is 0. The fourth-order valence-electron chi connectivity index (χ4n) is 0.147. The predicted octanol–water partition coefficient (Wildman–Crippen LogP) is -0.123. The van der Waals surface area contributed by atoms with Gasteiger partial charge in [0.1, 0.15) is 6.29 Å². The highest BCUT2D eigenvalue weighted by atomic mass is 31.2. The third kappa shape index (κ3) is 5.56. The third-order valence-corrected chi connectivity index (χ3v) is 0.919. The molecule has 0 spiro atoms. The van der Waals surface area contributed by atoms with Gasteiger partial charge in [0.25, 0.3) is 0 Å². The van der Waals surface area contributed by atoms with Gasteiger partial charge in [0, 0.05) is 5.82 Å². The molecule has 0 saturated heterocycles. The normalized spacial score (nSPS) is 12.2. The van der Waals surface area contributed by atoms with Crippen molar-refractivity contribution in [1.29, 1.82) is 0 Å². The summed E-state index contributed by atoms with van der Waals surface area (Å²) in [5.41, 5.74) is 0. The Labute approximate surface area is 46.0 Å². The number of carbonyl (C=O) groups excluding carboxylic acids is 1. The van der Waals surface area contributed by atoms with Gasteiger partial charge in [0.2, 0.25) is 0 Å². The molecular weight excluding hydrogens is 131 g/mol. The molecule has 0 aliphatic carbocycles.